The van der Waals surface area contributed by atoms with Crippen LogP contribution in [0.15, 0.2) is 23.6 Å². The highest BCUT2D eigenvalue weighted by molar-refractivity contribution is 7.13. The van der Waals surface area contributed by atoms with Crippen LogP contribution in [0.3, 0.4) is 0 Å². The topological polar surface area (TPSA) is 72.7 Å². The Morgan fingerprint density at radius 1 is 1.17 bits per heavy atom. The Kier molecular flexibility index (Phi) is 3.96. The first-order valence-electron chi connectivity index (χ1n) is 7.19. The maximum atomic E-state index is 12.4. The molecule has 0 aliphatic rings. The first-order valence-corrected chi connectivity index (χ1v) is 8.07. The van der Waals surface area contributed by atoms with Gasteiger partial charge in [-0.15, -0.1) is 16.4 Å². The number of carbonyl (C=O) groups is 1. The van der Waals surface area contributed by atoms with E-state index >= 15 is 0 Å². The van der Waals surface area contributed by atoms with Crippen LogP contribution in [-0.4, -0.2) is 25.9 Å². The van der Waals surface area contributed by atoms with Crippen molar-refractivity contribution in [1.29, 1.82) is 0 Å². The lowest BCUT2D eigenvalue weighted by Gasteiger charge is -2.04. The predicted octanol–water partition coefficient (Wildman–Crippen LogP) is 3.21. The van der Waals surface area contributed by atoms with Crippen molar-refractivity contribution in [3.63, 3.8) is 0 Å². The Hall–Kier alpha value is -2.54. The molecule has 3 rings (SSSR count). The number of nitrogens with zero attached hydrogens (tertiary/aromatic N) is 4. The zero-order valence-electron chi connectivity index (χ0n) is 13.4. The Labute approximate surface area is 138 Å². The van der Waals surface area contributed by atoms with E-state index in [0.29, 0.717) is 16.5 Å². The van der Waals surface area contributed by atoms with Crippen molar-refractivity contribution in [1.82, 2.24) is 20.0 Å². The van der Waals surface area contributed by atoms with E-state index in [1.165, 1.54) is 21.7 Å². The third kappa shape index (κ3) is 3.14. The number of nitrogens with one attached hydrogen (secondary N) is 1. The Bertz CT molecular complexity index is 880. The number of rotatable bonds is 3. The minimum absolute atomic E-state index is 0.298. The van der Waals surface area contributed by atoms with Gasteiger partial charge in [0.15, 0.2) is 10.8 Å². The maximum absolute atomic E-state index is 12.4. The molecular weight excluding hydrogens is 310 g/mol. The summed E-state index contributed by atoms with van der Waals surface area (Å²) in [4.78, 5) is 18.1. The van der Waals surface area contributed by atoms with E-state index < -0.39 is 0 Å². The van der Waals surface area contributed by atoms with Crippen molar-refractivity contribution >= 4 is 22.4 Å². The van der Waals surface area contributed by atoms with E-state index in [0.717, 1.165) is 16.9 Å². The van der Waals surface area contributed by atoms with Crippen LogP contribution >= 0.6 is 11.3 Å². The summed E-state index contributed by atoms with van der Waals surface area (Å²) in [6.07, 6.45) is 0. The molecule has 0 saturated carbocycles. The summed E-state index contributed by atoms with van der Waals surface area (Å²) in [6.45, 7) is 7.69. The average Bonchev–Trinajstić information content (AvgIpc) is 3.05. The Balaban J connectivity index is 1.90. The first kappa shape index (κ1) is 15.4. The first-order chi connectivity index (χ1) is 10.9. The highest BCUT2D eigenvalue weighted by Crippen LogP contribution is 2.18. The van der Waals surface area contributed by atoms with Crippen molar-refractivity contribution in [3.8, 4) is 5.69 Å². The average molecular weight is 327 g/mol. The van der Waals surface area contributed by atoms with Crippen LogP contribution in [0.5, 0.6) is 0 Å². The highest BCUT2D eigenvalue weighted by Gasteiger charge is 2.18. The molecule has 2 heterocycles. The summed E-state index contributed by atoms with van der Waals surface area (Å²) >= 11 is 1.39. The lowest BCUT2D eigenvalue weighted by molar-refractivity contribution is 0.102. The van der Waals surface area contributed by atoms with Gasteiger partial charge < -0.3 is 0 Å². The standard InChI is InChI=1S/C16H17N5OS/c1-9-5-6-13(10(2)7-9)21-19-12(4)14(20-21)15(22)18-16-17-11(3)8-23-16/h5-8H,1-4H3,(H,17,18,22). The van der Waals surface area contributed by atoms with Crippen molar-refractivity contribution in [3.05, 3.63) is 51.8 Å². The number of hydrogen-bond donors (Lipinski definition) is 1. The molecule has 0 fully saturated rings. The van der Waals surface area contributed by atoms with E-state index in [-0.39, 0.29) is 5.91 Å². The van der Waals surface area contributed by atoms with Gasteiger partial charge in [0.1, 0.15) is 0 Å². The summed E-state index contributed by atoms with van der Waals surface area (Å²) < 4.78 is 0. The SMILES string of the molecule is Cc1ccc(-n2nc(C)c(C(=O)Nc3nc(C)cs3)n2)c(C)c1. The monoisotopic (exact) mass is 327 g/mol. The summed E-state index contributed by atoms with van der Waals surface area (Å²) in [7, 11) is 0. The van der Waals surface area contributed by atoms with Gasteiger partial charge in [0.05, 0.1) is 17.1 Å². The van der Waals surface area contributed by atoms with Gasteiger partial charge in [0.25, 0.3) is 5.91 Å². The van der Waals surface area contributed by atoms with Gasteiger partial charge in [-0.2, -0.15) is 9.90 Å². The van der Waals surface area contributed by atoms with Crippen LogP contribution in [0.25, 0.3) is 5.69 Å². The van der Waals surface area contributed by atoms with Gasteiger partial charge in [-0.05, 0) is 39.3 Å². The van der Waals surface area contributed by atoms with Crippen molar-refractivity contribution in [2.24, 2.45) is 0 Å². The van der Waals surface area contributed by atoms with E-state index in [4.69, 9.17) is 0 Å². The van der Waals surface area contributed by atoms with Gasteiger partial charge in [0, 0.05) is 5.38 Å². The quantitative estimate of drug-likeness (QED) is 0.802. The molecule has 0 unspecified atom stereocenters. The van der Waals surface area contributed by atoms with Gasteiger partial charge in [-0.3, -0.25) is 10.1 Å². The van der Waals surface area contributed by atoms with Crippen molar-refractivity contribution in [2.75, 3.05) is 5.32 Å². The molecule has 118 valence electrons. The summed E-state index contributed by atoms with van der Waals surface area (Å²) in [5.41, 5.74) is 4.85. The Morgan fingerprint density at radius 3 is 2.61 bits per heavy atom. The summed E-state index contributed by atoms with van der Waals surface area (Å²) in [6, 6.07) is 6.02. The van der Waals surface area contributed by atoms with Crippen molar-refractivity contribution in [2.45, 2.75) is 27.7 Å². The molecule has 0 saturated heterocycles. The molecule has 0 atom stereocenters. The minimum atomic E-state index is -0.298. The molecular formula is C16H17N5OS. The third-order valence-corrected chi connectivity index (χ3v) is 4.28. The van der Waals surface area contributed by atoms with Crippen LogP contribution in [0, 0.1) is 27.7 Å². The van der Waals surface area contributed by atoms with Gasteiger partial charge in [-0.1, -0.05) is 17.7 Å². The molecule has 1 amide bonds. The fourth-order valence-electron chi connectivity index (χ4n) is 2.29. The van der Waals surface area contributed by atoms with Gasteiger partial charge >= 0.3 is 0 Å². The number of thiazole rings is 1. The molecule has 1 aromatic carbocycles. The zero-order chi connectivity index (χ0) is 16.6. The van der Waals surface area contributed by atoms with E-state index in [1.807, 2.05) is 38.3 Å². The fraction of sp³-hybridized carbons (Fsp3) is 0.250. The van der Waals surface area contributed by atoms with Crippen molar-refractivity contribution < 1.29 is 4.79 Å². The third-order valence-electron chi connectivity index (χ3n) is 3.40. The maximum Gasteiger partial charge on any atom is 0.279 e. The largest absolute Gasteiger partial charge is 0.296 e. The second-order valence-corrected chi connectivity index (χ2v) is 6.32. The normalized spacial score (nSPS) is 10.8. The number of carbonyl (C=O) groups excluding carboxylic acids is 1. The molecule has 6 nitrogen and oxygen atoms in total. The fourth-order valence-corrected chi connectivity index (χ4v) is 2.98. The van der Waals surface area contributed by atoms with E-state index in [9.17, 15) is 4.79 Å². The molecule has 0 aliphatic heterocycles. The number of amides is 1. The predicted molar refractivity (Wildman–Crippen MR) is 90.4 cm³/mol. The number of aryl methyl sites for hydroxylation is 4. The van der Waals surface area contributed by atoms with Crippen LogP contribution in [0.4, 0.5) is 5.13 Å². The molecule has 0 spiro atoms. The molecule has 23 heavy (non-hydrogen) atoms. The smallest absolute Gasteiger partial charge is 0.279 e. The number of hydrogen-bond acceptors (Lipinski definition) is 5. The minimum Gasteiger partial charge on any atom is -0.296 e. The van der Waals surface area contributed by atoms with Crippen LogP contribution in [-0.2, 0) is 0 Å². The zero-order valence-corrected chi connectivity index (χ0v) is 14.2. The van der Waals surface area contributed by atoms with Gasteiger partial charge in [0.2, 0.25) is 0 Å². The number of aromatic nitrogens is 4. The summed E-state index contributed by atoms with van der Waals surface area (Å²) in [5.74, 6) is -0.298. The number of benzene rings is 1. The van der Waals surface area contributed by atoms with Crippen LogP contribution < -0.4 is 5.32 Å². The molecule has 1 N–H and O–H groups in total. The highest BCUT2D eigenvalue weighted by atomic mass is 32.1. The lowest BCUT2D eigenvalue weighted by atomic mass is 10.1. The second kappa shape index (κ2) is 5.92. The Morgan fingerprint density at radius 2 is 1.96 bits per heavy atom. The van der Waals surface area contributed by atoms with Crippen LogP contribution in [0.2, 0.25) is 0 Å². The lowest BCUT2D eigenvalue weighted by Crippen LogP contribution is -2.14. The molecule has 0 radical (unpaired) electrons. The van der Waals surface area contributed by atoms with Gasteiger partial charge in [-0.25, -0.2) is 4.98 Å². The summed E-state index contributed by atoms with van der Waals surface area (Å²) in [5, 5.41) is 13.9. The molecule has 0 bridgehead atoms. The van der Waals surface area contributed by atoms with E-state index in [2.05, 4.69) is 26.6 Å². The second-order valence-electron chi connectivity index (χ2n) is 5.46. The molecule has 7 heteroatoms. The van der Waals surface area contributed by atoms with Crippen LogP contribution in [0.1, 0.15) is 33.0 Å². The molecule has 0 aliphatic carbocycles. The molecule has 3 aromatic rings. The molecule has 2 aromatic heterocycles. The van der Waals surface area contributed by atoms with E-state index in [1.54, 1.807) is 6.92 Å². The number of anilines is 1.